The highest BCUT2D eigenvalue weighted by Crippen LogP contribution is 2.29. The van der Waals surface area contributed by atoms with Crippen LogP contribution in [-0.4, -0.2) is 31.4 Å². The summed E-state index contributed by atoms with van der Waals surface area (Å²) in [6, 6.07) is 19.8. The van der Waals surface area contributed by atoms with E-state index >= 15 is 0 Å². The molecule has 0 aliphatic heterocycles. The molecule has 196 valence electrons. The SMILES string of the molecule is COC(=O)Cc1ccccc1OCc1cc(Br)cc(-c2cccc(C(CF)NC(=O)OC(C)(C)C)c2)c1. The first-order valence-corrected chi connectivity index (χ1v) is 12.6. The van der Waals surface area contributed by atoms with Gasteiger partial charge >= 0.3 is 12.1 Å². The first-order valence-electron chi connectivity index (χ1n) is 11.8. The van der Waals surface area contributed by atoms with Crippen LogP contribution in [0.3, 0.4) is 0 Å². The summed E-state index contributed by atoms with van der Waals surface area (Å²) in [6.45, 7) is 4.76. The van der Waals surface area contributed by atoms with Crippen molar-refractivity contribution in [3.8, 4) is 16.9 Å². The number of rotatable bonds is 9. The summed E-state index contributed by atoms with van der Waals surface area (Å²) < 4.78 is 30.8. The molecule has 3 rings (SSSR count). The maximum absolute atomic E-state index is 13.9. The number of hydrogen-bond acceptors (Lipinski definition) is 5. The molecule has 6 nitrogen and oxygen atoms in total. The van der Waals surface area contributed by atoms with E-state index in [0.29, 0.717) is 11.3 Å². The minimum atomic E-state index is -0.837. The zero-order valence-corrected chi connectivity index (χ0v) is 22.9. The normalized spacial score (nSPS) is 11.9. The van der Waals surface area contributed by atoms with Crippen molar-refractivity contribution in [2.75, 3.05) is 13.8 Å². The van der Waals surface area contributed by atoms with E-state index in [4.69, 9.17) is 14.2 Å². The minimum absolute atomic E-state index is 0.121. The molecule has 0 heterocycles. The van der Waals surface area contributed by atoms with Gasteiger partial charge in [0.05, 0.1) is 19.6 Å². The molecule has 37 heavy (non-hydrogen) atoms. The number of benzene rings is 3. The molecule has 0 aliphatic rings. The van der Waals surface area contributed by atoms with Crippen LogP contribution in [0.1, 0.15) is 43.5 Å². The maximum Gasteiger partial charge on any atom is 0.408 e. The van der Waals surface area contributed by atoms with E-state index in [9.17, 15) is 14.0 Å². The Hall–Kier alpha value is -3.39. The van der Waals surface area contributed by atoms with E-state index < -0.39 is 24.4 Å². The zero-order chi connectivity index (χ0) is 27.0. The Balaban J connectivity index is 1.79. The molecule has 3 aromatic carbocycles. The summed E-state index contributed by atoms with van der Waals surface area (Å²) in [7, 11) is 1.35. The lowest BCUT2D eigenvalue weighted by atomic mass is 9.98. The number of hydrogen-bond donors (Lipinski definition) is 1. The fourth-order valence-corrected chi connectivity index (χ4v) is 4.22. The Labute approximate surface area is 225 Å². The highest BCUT2D eigenvalue weighted by atomic mass is 79.9. The Bertz CT molecular complexity index is 1240. The highest BCUT2D eigenvalue weighted by Gasteiger charge is 2.21. The van der Waals surface area contributed by atoms with Gasteiger partial charge in [-0.1, -0.05) is 52.3 Å². The third-order valence-electron chi connectivity index (χ3n) is 5.35. The summed E-state index contributed by atoms with van der Waals surface area (Å²) in [6.07, 6.45) is -0.550. The molecule has 0 saturated heterocycles. The number of methoxy groups -OCH3 is 1. The smallest absolute Gasteiger partial charge is 0.408 e. The van der Waals surface area contributed by atoms with Gasteiger partial charge in [-0.25, -0.2) is 9.18 Å². The molecular weight excluding hydrogens is 541 g/mol. The predicted molar refractivity (Wildman–Crippen MR) is 144 cm³/mol. The van der Waals surface area contributed by atoms with Crippen LogP contribution in [0.2, 0.25) is 0 Å². The second-order valence-corrected chi connectivity index (χ2v) is 10.4. The maximum atomic E-state index is 13.9. The monoisotopic (exact) mass is 571 g/mol. The van der Waals surface area contributed by atoms with Crippen LogP contribution < -0.4 is 10.1 Å². The Morgan fingerprint density at radius 2 is 1.76 bits per heavy atom. The van der Waals surface area contributed by atoms with E-state index in [-0.39, 0.29) is 19.0 Å². The topological polar surface area (TPSA) is 73.9 Å². The number of esters is 1. The average molecular weight is 572 g/mol. The van der Waals surface area contributed by atoms with Gasteiger partial charge < -0.3 is 19.5 Å². The van der Waals surface area contributed by atoms with Gasteiger partial charge in [0.2, 0.25) is 0 Å². The van der Waals surface area contributed by atoms with Gasteiger partial charge in [-0.3, -0.25) is 4.79 Å². The van der Waals surface area contributed by atoms with Crippen molar-refractivity contribution in [3.05, 3.63) is 87.9 Å². The number of halogens is 2. The number of carbonyl (C=O) groups is 2. The van der Waals surface area contributed by atoms with Crippen molar-refractivity contribution >= 4 is 28.0 Å². The van der Waals surface area contributed by atoms with E-state index in [1.165, 1.54) is 7.11 Å². The molecule has 0 fully saturated rings. The van der Waals surface area contributed by atoms with Crippen LogP contribution >= 0.6 is 15.9 Å². The second-order valence-electron chi connectivity index (χ2n) is 9.48. The van der Waals surface area contributed by atoms with E-state index in [2.05, 4.69) is 21.2 Å². The molecule has 1 atom stereocenters. The third-order valence-corrected chi connectivity index (χ3v) is 5.81. The van der Waals surface area contributed by atoms with Gasteiger partial charge in [0.25, 0.3) is 0 Å². The van der Waals surface area contributed by atoms with Crippen LogP contribution in [0.5, 0.6) is 5.75 Å². The third kappa shape index (κ3) is 8.60. The van der Waals surface area contributed by atoms with Crippen molar-refractivity contribution < 1.29 is 28.2 Å². The highest BCUT2D eigenvalue weighted by molar-refractivity contribution is 9.10. The van der Waals surface area contributed by atoms with Crippen molar-refractivity contribution in [1.82, 2.24) is 5.32 Å². The molecule has 0 aliphatic carbocycles. The van der Waals surface area contributed by atoms with Crippen LogP contribution in [0, 0.1) is 0 Å². The molecule has 0 radical (unpaired) electrons. The number of carbonyl (C=O) groups excluding carboxylic acids is 2. The van der Waals surface area contributed by atoms with Crippen molar-refractivity contribution in [2.24, 2.45) is 0 Å². The van der Waals surface area contributed by atoms with Crippen LogP contribution in [0.15, 0.2) is 71.2 Å². The molecule has 1 unspecified atom stereocenters. The molecule has 3 aromatic rings. The van der Waals surface area contributed by atoms with E-state index in [0.717, 1.165) is 26.7 Å². The summed E-state index contributed by atoms with van der Waals surface area (Å²) >= 11 is 3.56. The summed E-state index contributed by atoms with van der Waals surface area (Å²) in [4.78, 5) is 23.9. The fraction of sp³-hybridized carbons (Fsp3) is 0.310. The van der Waals surface area contributed by atoms with E-state index in [1.54, 1.807) is 26.8 Å². The molecule has 8 heteroatoms. The number of alkyl halides is 1. The lowest BCUT2D eigenvalue weighted by Gasteiger charge is -2.23. The largest absolute Gasteiger partial charge is 0.489 e. The van der Waals surface area contributed by atoms with Gasteiger partial charge in [0.15, 0.2) is 0 Å². The Morgan fingerprint density at radius 3 is 2.46 bits per heavy atom. The number of amides is 1. The van der Waals surface area contributed by atoms with Gasteiger partial charge in [0.1, 0.15) is 24.6 Å². The Kier molecular flexibility index (Phi) is 9.69. The number of nitrogens with one attached hydrogen (secondary N) is 1. The molecule has 1 N–H and O–H groups in total. The molecular formula is C29H31BrFNO5. The number of para-hydroxylation sites is 1. The van der Waals surface area contributed by atoms with Crippen molar-refractivity contribution in [3.63, 3.8) is 0 Å². The molecule has 1 amide bonds. The summed E-state index contributed by atoms with van der Waals surface area (Å²) in [5, 5.41) is 2.60. The van der Waals surface area contributed by atoms with Crippen molar-refractivity contribution in [2.45, 2.75) is 45.4 Å². The first kappa shape index (κ1) is 28.2. The molecule has 0 bridgehead atoms. The lowest BCUT2D eigenvalue weighted by Crippen LogP contribution is -2.35. The molecule has 0 spiro atoms. The summed E-state index contributed by atoms with van der Waals surface area (Å²) in [5.74, 6) is 0.267. The first-order chi connectivity index (χ1) is 17.6. The number of alkyl carbamates (subject to hydrolysis) is 1. The quantitative estimate of drug-likeness (QED) is 0.281. The van der Waals surface area contributed by atoms with Gasteiger partial charge in [-0.15, -0.1) is 0 Å². The molecule has 0 aromatic heterocycles. The van der Waals surface area contributed by atoms with Crippen molar-refractivity contribution in [1.29, 1.82) is 0 Å². The van der Waals surface area contributed by atoms with E-state index in [1.807, 2.05) is 60.7 Å². The van der Waals surface area contributed by atoms with Crippen LogP contribution in [0.4, 0.5) is 9.18 Å². The van der Waals surface area contributed by atoms with Gasteiger partial charge in [0, 0.05) is 10.0 Å². The van der Waals surface area contributed by atoms with Gasteiger partial charge in [-0.2, -0.15) is 0 Å². The zero-order valence-electron chi connectivity index (χ0n) is 21.3. The standard InChI is InChI=1S/C29H31BrFNO5/c1-29(2,3)37-28(34)32-25(17-31)21-10-7-9-20(14-21)23-12-19(13-24(30)15-23)18-36-26-11-6-5-8-22(26)16-27(33)35-4/h5-15,25H,16-18H2,1-4H3,(H,32,34). The molecule has 0 saturated carbocycles. The number of ether oxygens (including phenoxy) is 3. The average Bonchev–Trinajstić information content (AvgIpc) is 2.85. The lowest BCUT2D eigenvalue weighted by molar-refractivity contribution is -0.139. The van der Waals surface area contributed by atoms with Crippen LogP contribution in [0.25, 0.3) is 11.1 Å². The fourth-order valence-electron chi connectivity index (χ4n) is 3.68. The minimum Gasteiger partial charge on any atom is -0.489 e. The van der Waals surface area contributed by atoms with Crippen LogP contribution in [-0.2, 0) is 27.3 Å². The van der Waals surface area contributed by atoms with Gasteiger partial charge in [-0.05, 0) is 73.4 Å². The predicted octanol–water partition coefficient (Wildman–Crippen LogP) is 6.95. The second kappa shape index (κ2) is 12.7. The Morgan fingerprint density at radius 1 is 1.00 bits per heavy atom. The summed E-state index contributed by atoms with van der Waals surface area (Å²) in [5.41, 5.74) is 3.34.